The lowest BCUT2D eigenvalue weighted by atomic mass is 10.2. The molecule has 0 spiro atoms. The monoisotopic (exact) mass is 224 g/mol. The van der Waals surface area contributed by atoms with Gasteiger partial charge in [-0.15, -0.1) is 0 Å². The first-order valence-corrected chi connectivity index (χ1v) is 5.56. The van der Waals surface area contributed by atoms with E-state index < -0.39 is 0 Å². The molecule has 2 rings (SSSR count). The fraction of sp³-hybridized carbons (Fsp3) is 0.300. The van der Waals surface area contributed by atoms with Crippen LogP contribution in [0.5, 0.6) is 0 Å². The smallest absolute Gasteiger partial charge is 0.304 e. The first kappa shape index (κ1) is 10.2. The van der Waals surface area contributed by atoms with Crippen LogP contribution < -0.4 is 10.2 Å². The Labute approximate surface area is 90.9 Å². The van der Waals surface area contributed by atoms with Crippen molar-refractivity contribution in [2.45, 2.75) is 19.5 Å². The molecule has 0 bridgehead atoms. The minimum atomic E-state index is -0.0113. The number of thiazole rings is 1. The van der Waals surface area contributed by atoms with Gasteiger partial charge in [-0.25, -0.2) is 0 Å². The van der Waals surface area contributed by atoms with Crippen LogP contribution in [0, 0.1) is 0 Å². The third kappa shape index (κ3) is 2.57. The summed E-state index contributed by atoms with van der Waals surface area (Å²) in [6, 6.07) is 2.14. The summed E-state index contributed by atoms with van der Waals surface area (Å²) in [5.41, 5.74) is 2.02. The molecule has 0 saturated carbocycles. The predicted octanol–water partition coefficient (Wildman–Crippen LogP) is 1.88. The van der Waals surface area contributed by atoms with Crippen molar-refractivity contribution in [1.82, 2.24) is 10.3 Å². The van der Waals surface area contributed by atoms with Crippen molar-refractivity contribution in [3.05, 3.63) is 44.9 Å². The zero-order chi connectivity index (χ0) is 10.7. The molecule has 2 aromatic rings. The lowest BCUT2D eigenvalue weighted by Crippen LogP contribution is -2.18. The number of rotatable bonds is 4. The molecule has 5 heteroatoms. The third-order valence-electron chi connectivity index (χ3n) is 2.21. The lowest BCUT2D eigenvalue weighted by molar-refractivity contribution is 0.536. The van der Waals surface area contributed by atoms with Gasteiger partial charge in [-0.05, 0) is 13.0 Å². The van der Waals surface area contributed by atoms with Crippen molar-refractivity contribution < 1.29 is 4.42 Å². The second kappa shape index (κ2) is 4.46. The van der Waals surface area contributed by atoms with Crippen LogP contribution in [-0.2, 0) is 6.54 Å². The Morgan fingerprint density at radius 1 is 1.67 bits per heavy atom. The molecule has 1 unspecified atom stereocenters. The number of hydrogen-bond acceptors (Lipinski definition) is 4. The Morgan fingerprint density at radius 3 is 3.13 bits per heavy atom. The molecule has 80 valence electrons. The average Bonchev–Trinajstić information content (AvgIpc) is 2.84. The number of aromatic nitrogens is 1. The summed E-state index contributed by atoms with van der Waals surface area (Å²) in [4.78, 5) is 13.6. The fourth-order valence-electron chi connectivity index (χ4n) is 1.30. The standard InChI is InChI=1S/C10H12N2O2S/c1-7(8-2-3-14-5-8)11-4-9-6-15-10(13)12-9/h2-3,5-7,11H,4H2,1H3,(H,12,13). The molecule has 2 heterocycles. The molecule has 0 aromatic carbocycles. The van der Waals surface area contributed by atoms with Crippen LogP contribution in [-0.4, -0.2) is 4.98 Å². The molecule has 2 N–H and O–H groups in total. The normalized spacial score (nSPS) is 12.9. The maximum Gasteiger partial charge on any atom is 0.304 e. The second-order valence-corrected chi connectivity index (χ2v) is 4.17. The SMILES string of the molecule is CC(NCc1csc(=O)[nH]1)c1ccoc1. The average molecular weight is 224 g/mol. The number of furan rings is 1. The van der Waals surface area contributed by atoms with E-state index >= 15 is 0 Å². The topological polar surface area (TPSA) is 58.0 Å². The lowest BCUT2D eigenvalue weighted by Gasteiger charge is -2.10. The van der Waals surface area contributed by atoms with Crippen molar-refractivity contribution in [3.63, 3.8) is 0 Å². The molecule has 0 amide bonds. The van der Waals surface area contributed by atoms with E-state index in [1.165, 1.54) is 11.3 Å². The molecule has 0 aliphatic carbocycles. The Kier molecular flexibility index (Phi) is 3.03. The van der Waals surface area contributed by atoms with Gasteiger partial charge >= 0.3 is 4.87 Å². The van der Waals surface area contributed by atoms with Crippen LogP contribution in [0.3, 0.4) is 0 Å². The van der Waals surface area contributed by atoms with E-state index in [-0.39, 0.29) is 10.9 Å². The zero-order valence-corrected chi connectivity index (χ0v) is 9.14. The Balaban J connectivity index is 1.91. The van der Waals surface area contributed by atoms with Crippen LogP contribution in [0.1, 0.15) is 24.2 Å². The highest BCUT2D eigenvalue weighted by molar-refractivity contribution is 7.07. The van der Waals surface area contributed by atoms with Crippen LogP contribution in [0.15, 0.2) is 33.2 Å². The summed E-state index contributed by atoms with van der Waals surface area (Å²) >= 11 is 1.18. The van der Waals surface area contributed by atoms with Gasteiger partial charge in [0.2, 0.25) is 0 Å². The molecule has 2 aromatic heterocycles. The molecule has 0 fully saturated rings. The number of H-pyrrole nitrogens is 1. The highest BCUT2D eigenvalue weighted by atomic mass is 32.1. The minimum absolute atomic E-state index is 0.0113. The van der Waals surface area contributed by atoms with Gasteiger partial charge in [0.25, 0.3) is 0 Å². The first-order valence-electron chi connectivity index (χ1n) is 4.68. The van der Waals surface area contributed by atoms with Gasteiger partial charge in [0.1, 0.15) is 0 Å². The van der Waals surface area contributed by atoms with E-state index in [1.54, 1.807) is 12.5 Å². The molecule has 15 heavy (non-hydrogen) atoms. The second-order valence-electron chi connectivity index (χ2n) is 3.33. The van der Waals surface area contributed by atoms with E-state index in [4.69, 9.17) is 4.42 Å². The zero-order valence-electron chi connectivity index (χ0n) is 8.32. The van der Waals surface area contributed by atoms with E-state index in [2.05, 4.69) is 17.2 Å². The van der Waals surface area contributed by atoms with Crippen molar-refractivity contribution in [3.8, 4) is 0 Å². The quantitative estimate of drug-likeness (QED) is 0.833. The van der Waals surface area contributed by atoms with Gasteiger partial charge in [-0.3, -0.25) is 4.79 Å². The highest BCUT2D eigenvalue weighted by Crippen LogP contribution is 2.12. The van der Waals surface area contributed by atoms with Crippen molar-refractivity contribution in [1.29, 1.82) is 0 Å². The molecular formula is C10H12N2O2S. The maximum atomic E-state index is 10.9. The van der Waals surface area contributed by atoms with E-state index in [9.17, 15) is 4.79 Å². The largest absolute Gasteiger partial charge is 0.472 e. The Hall–Kier alpha value is -1.33. The summed E-state index contributed by atoms with van der Waals surface area (Å²) in [7, 11) is 0. The van der Waals surface area contributed by atoms with Gasteiger partial charge in [0.15, 0.2) is 0 Å². The van der Waals surface area contributed by atoms with Crippen LogP contribution >= 0.6 is 11.3 Å². The Bertz CT molecular complexity index is 458. The summed E-state index contributed by atoms with van der Waals surface area (Å²) in [5.74, 6) is 0. The van der Waals surface area contributed by atoms with Crippen LogP contribution in [0.4, 0.5) is 0 Å². The minimum Gasteiger partial charge on any atom is -0.472 e. The summed E-state index contributed by atoms with van der Waals surface area (Å²) in [6.07, 6.45) is 3.37. The summed E-state index contributed by atoms with van der Waals surface area (Å²) in [6.45, 7) is 2.71. The van der Waals surface area contributed by atoms with Crippen molar-refractivity contribution in [2.24, 2.45) is 0 Å². The fourth-order valence-corrected chi connectivity index (χ4v) is 1.88. The highest BCUT2D eigenvalue weighted by Gasteiger charge is 2.06. The van der Waals surface area contributed by atoms with Gasteiger partial charge in [-0.1, -0.05) is 11.3 Å². The number of nitrogens with one attached hydrogen (secondary N) is 2. The van der Waals surface area contributed by atoms with Crippen molar-refractivity contribution >= 4 is 11.3 Å². The van der Waals surface area contributed by atoms with Gasteiger partial charge in [-0.2, -0.15) is 0 Å². The maximum absolute atomic E-state index is 10.9. The molecule has 0 saturated heterocycles. The molecule has 1 atom stereocenters. The summed E-state index contributed by atoms with van der Waals surface area (Å²) < 4.78 is 5.00. The molecule has 0 aliphatic rings. The Morgan fingerprint density at radius 2 is 2.53 bits per heavy atom. The van der Waals surface area contributed by atoms with E-state index in [0.717, 1.165) is 11.3 Å². The van der Waals surface area contributed by atoms with Gasteiger partial charge < -0.3 is 14.7 Å². The molecular weight excluding hydrogens is 212 g/mol. The number of aromatic amines is 1. The van der Waals surface area contributed by atoms with Crippen molar-refractivity contribution in [2.75, 3.05) is 0 Å². The summed E-state index contributed by atoms with van der Waals surface area (Å²) in [5, 5.41) is 5.12. The predicted molar refractivity (Wildman–Crippen MR) is 58.9 cm³/mol. The van der Waals surface area contributed by atoms with Crippen LogP contribution in [0.25, 0.3) is 0 Å². The first-order chi connectivity index (χ1) is 7.25. The molecule has 0 radical (unpaired) electrons. The molecule has 0 aliphatic heterocycles. The van der Waals surface area contributed by atoms with Crippen LogP contribution in [0.2, 0.25) is 0 Å². The van der Waals surface area contributed by atoms with Gasteiger partial charge in [0, 0.05) is 29.2 Å². The number of hydrogen-bond donors (Lipinski definition) is 2. The van der Waals surface area contributed by atoms with E-state index in [0.29, 0.717) is 6.54 Å². The van der Waals surface area contributed by atoms with Gasteiger partial charge in [0.05, 0.1) is 12.5 Å². The van der Waals surface area contributed by atoms with E-state index in [1.807, 2.05) is 11.4 Å². The third-order valence-corrected chi connectivity index (χ3v) is 2.93. The molecule has 4 nitrogen and oxygen atoms in total.